The number of anilines is 2. The Morgan fingerprint density at radius 1 is 1.06 bits per heavy atom. The van der Waals surface area contributed by atoms with Crippen molar-refractivity contribution in [2.24, 2.45) is 11.8 Å². The monoisotopic (exact) mass is 467 g/mol. The molecule has 2 atom stereocenters. The van der Waals surface area contributed by atoms with Crippen LogP contribution in [0.5, 0.6) is 0 Å². The standard InChI is InChI=1S/C23H25ClF3N3O2/c1-14-9-15(2)13-30(12-14)22(32)17-5-3-4-6-19(17)28-11-21(31)29-20-10-16(23(25,26)27)7-8-18(20)24/h3-8,10,14-15,28H,9,11-13H2,1-2H3,(H,29,31). The van der Waals surface area contributed by atoms with E-state index in [-0.39, 0.29) is 23.2 Å². The van der Waals surface area contributed by atoms with Crippen LogP contribution in [-0.4, -0.2) is 36.3 Å². The highest BCUT2D eigenvalue weighted by molar-refractivity contribution is 6.33. The fourth-order valence-corrected chi connectivity index (χ4v) is 4.15. The molecule has 0 aromatic heterocycles. The van der Waals surface area contributed by atoms with Crippen LogP contribution < -0.4 is 10.6 Å². The summed E-state index contributed by atoms with van der Waals surface area (Å²) in [4.78, 5) is 27.3. The van der Waals surface area contributed by atoms with Crippen LogP contribution in [0, 0.1) is 11.8 Å². The Kier molecular flexibility index (Phi) is 7.33. The molecule has 32 heavy (non-hydrogen) atoms. The third kappa shape index (κ3) is 5.94. The van der Waals surface area contributed by atoms with Gasteiger partial charge in [0.15, 0.2) is 0 Å². The second-order valence-corrected chi connectivity index (χ2v) is 8.70. The number of likely N-dealkylation sites (tertiary alicyclic amines) is 1. The first-order chi connectivity index (χ1) is 15.0. The highest BCUT2D eigenvalue weighted by atomic mass is 35.5. The van der Waals surface area contributed by atoms with Crippen molar-refractivity contribution < 1.29 is 22.8 Å². The molecular formula is C23H25ClF3N3O2. The van der Waals surface area contributed by atoms with Crippen LogP contribution >= 0.6 is 11.6 Å². The summed E-state index contributed by atoms with van der Waals surface area (Å²) < 4.78 is 38.8. The van der Waals surface area contributed by atoms with E-state index < -0.39 is 17.6 Å². The molecule has 1 aliphatic rings. The van der Waals surface area contributed by atoms with Gasteiger partial charge in [0.25, 0.3) is 5.91 Å². The van der Waals surface area contributed by atoms with E-state index >= 15 is 0 Å². The summed E-state index contributed by atoms with van der Waals surface area (Å²) in [6.07, 6.45) is -3.48. The molecule has 1 fully saturated rings. The van der Waals surface area contributed by atoms with Gasteiger partial charge in [-0.1, -0.05) is 37.6 Å². The Labute approximate surface area is 189 Å². The van der Waals surface area contributed by atoms with Crippen molar-refractivity contribution in [3.05, 3.63) is 58.6 Å². The van der Waals surface area contributed by atoms with Crippen molar-refractivity contribution in [2.45, 2.75) is 26.4 Å². The number of hydrogen-bond acceptors (Lipinski definition) is 3. The molecule has 2 unspecified atom stereocenters. The topological polar surface area (TPSA) is 61.4 Å². The quantitative estimate of drug-likeness (QED) is 0.608. The van der Waals surface area contributed by atoms with E-state index in [4.69, 9.17) is 11.6 Å². The van der Waals surface area contributed by atoms with Crippen LogP contribution in [0.1, 0.15) is 36.2 Å². The van der Waals surface area contributed by atoms with Crippen molar-refractivity contribution in [1.82, 2.24) is 4.90 Å². The summed E-state index contributed by atoms with van der Waals surface area (Å²) in [5.74, 6) is 0.109. The summed E-state index contributed by atoms with van der Waals surface area (Å²) in [5, 5.41) is 5.30. The zero-order valence-electron chi connectivity index (χ0n) is 17.8. The zero-order chi connectivity index (χ0) is 23.5. The summed E-state index contributed by atoms with van der Waals surface area (Å²) in [7, 11) is 0. The molecule has 0 saturated carbocycles. The average molecular weight is 468 g/mol. The van der Waals surface area contributed by atoms with Gasteiger partial charge < -0.3 is 15.5 Å². The van der Waals surface area contributed by atoms with Crippen LogP contribution in [0.4, 0.5) is 24.5 Å². The number of nitrogens with one attached hydrogen (secondary N) is 2. The predicted octanol–water partition coefficient (Wildman–Crippen LogP) is 5.53. The number of piperidine rings is 1. The molecule has 2 amide bonds. The summed E-state index contributed by atoms with van der Waals surface area (Å²) in [6, 6.07) is 9.59. The van der Waals surface area contributed by atoms with Crippen molar-refractivity contribution in [3.8, 4) is 0 Å². The number of amides is 2. The van der Waals surface area contributed by atoms with Gasteiger partial charge in [-0.05, 0) is 48.6 Å². The van der Waals surface area contributed by atoms with Crippen molar-refractivity contribution >= 4 is 34.8 Å². The largest absolute Gasteiger partial charge is 0.416 e. The lowest BCUT2D eigenvalue weighted by atomic mass is 9.91. The SMILES string of the molecule is CC1CC(C)CN(C(=O)c2ccccc2NCC(=O)Nc2cc(C(F)(F)F)ccc2Cl)C1. The van der Waals surface area contributed by atoms with Gasteiger partial charge in [0.2, 0.25) is 5.91 Å². The molecule has 5 nitrogen and oxygen atoms in total. The first-order valence-corrected chi connectivity index (χ1v) is 10.7. The fourth-order valence-electron chi connectivity index (χ4n) is 3.99. The number of hydrogen-bond donors (Lipinski definition) is 2. The number of rotatable bonds is 5. The number of carbonyl (C=O) groups is 2. The lowest BCUT2D eigenvalue weighted by molar-refractivity contribution is -0.137. The van der Waals surface area contributed by atoms with E-state index in [1.54, 1.807) is 24.3 Å². The van der Waals surface area contributed by atoms with Gasteiger partial charge >= 0.3 is 6.18 Å². The van der Waals surface area contributed by atoms with Crippen molar-refractivity contribution in [2.75, 3.05) is 30.3 Å². The first kappa shape index (κ1) is 23.9. The maximum atomic E-state index is 13.1. The van der Waals surface area contributed by atoms with E-state index in [1.165, 1.54) is 0 Å². The van der Waals surface area contributed by atoms with E-state index in [0.717, 1.165) is 24.6 Å². The maximum Gasteiger partial charge on any atom is 0.416 e. The Morgan fingerprint density at radius 2 is 1.72 bits per heavy atom. The Hall–Kier alpha value is -2.74. The molecule has 0 radical (unpaired) electrons. The molecule has 1 aliphatic heterocycles. The highest BCUT2D eigenvalue weighted by Crippen LogP contribution is 2.33. The molecular weight excluding hydrogens is 443 g/mol. The molecule has 3 rings (SSSR count). The van der Waals surface area contributed by atoms with Gasteiger partial charge in [-0.3, -0.25) is 9.59 Å². The van der Waals surface area contributed by atoms with Crippen molar-refractivity contribution in [3.63, 3.8) is 0 Å². The number of para-hydroxylation sites is 1. The third-order valence-electron chi connectivity index (χ3n) is 5.32. The molecule has 2 aromatic rings. The first-order valence-electron chi connectivity index (χ1n) is 10.3. The average Bonchev–Trinajstić information content (AvgIpc) is 2.72. The van der Waals surface area contributed by atoms with Gasteiger partial charge in [0.05, 0.1) is 28.4 Å². The van der Waals surface area contributed by atoms with Crippen LogP contribution in [0.25, 0.3) is 0 Å². The lowest BCUT2D eigenvalue weighted by Crippen LogP contribution is -2.42. The zero-order valence-corrected chi connectivity index (χ0v) is 18.6. The minimum Gasteiger partial charge on any atom is -0.376 e. The second-order valence-electron chi connectivity index (χ2n) is 8.30. The van der Waals surface area contributed by atoms with Gasteiger partial charge in [-0.15, -0.1) is 0 Å². The van der Waals surface area contributed by atoms with E-state index in [1.807, 2.05) is 4.90 Å². The summed E-state index contributed by atoms with van der Waals surface area (Å²) in [6.45, 7) is 5.33. The Bertz CT molecular complexity index is 987. The van der Waals surface area contributed by atoms with Gasteiger partial charge in [0, 0.05) is 18.8 Å². The molecule has 0 bridgehead atoms. The number of benzene rings is 2. The van der Waals surface area contributed by atoms with Crippen LogP contribution in [0.3, 0.4) is 0 Å². The molecule has 9 heteroatoms. The van der Waals surface area contributed by atoms with Gasteiger partial charge in [0.1, 0.15) is 0 Å². The second kappa shape index (κ2) is 9.81. The van der Waals surface area contributed by atoms with Gasteiger partial charge in [-0.2, -0.15) is 13.2 Å². The minimum absolute atomic E-state index is 0.00438. The van der Waals surface area contributed by atoms with Crippen LogP contribution in [-0.2, 0) is 11.0 Å². The number of halogens is 4. The summed E-state index contributed by atoms with van der Waals surface area (Å²) >= 11 is 5.93. The van der Waals surface area contributed by atoms with Gasteiger partial charge in [-0.25, -0.2) is 0 Å². The van der Waals surface area contributed by atoms with E-state index in [9.17, 15) is 22.8 Å². The Morgan fingerprint density at radius 3 is 2.38 bits per heavy atom. The van der Waals surface area contributed by atoms with E-state index in [0.29, 0.717) is 36.2 Å². The number of alkyl halides is 3. The normalized spacial score (nSPS) is 18.9. The van der Waals surface area contributed by atoms with Crippen LogP contribution in [0.15, 0.2) is 42.5 Å². The number of carbonyl (C=O) groups excluding carboxylic acids is 2. The van der Waals surface area contributed by atoms with E-state index in [2.05, 4.69) is 24.5 Å². The molecule has 2 aromatic carbocycles. The maximum absolute atomic E-state index is 13.1. The number of nitrogens with zero attached hydrogens (tertiary/aromatic N) is 1. The van der Waals surface area contributed by atoms with Crippen LogP contribution in [0.2, 0.25) is 5.02 Å². The lowest BCUT2D eigenvalue weighted by Gasteiger charge is -2.35. The molecule has 0 spiro atoms. The summed E-state index contributed by atoms with van der Waals surface area (Å²) in [5.41, 5.74) is -0.118. The Balaban J connectivity index is 1.68. The highest BCUT2D eigenvalue weighted by Gasteiger charge is 2.31. The molecule has 1 saturated heterocycles. The third-order valence-corrected chi connectivity index (χ3v) is 5.65. The fraction of sp³-hybridized carbons (Fsp3) is 0.391. The predicted molar refractivity (Wildman–Crippen MR) is 119 cm³/mol. The molecule has 0 aliphatic carbocycles. The minimum atomic E-state index is -4.55. The molecule has 1 heterocycles. The van der Waals surface area contributed by atoms with Crippen molar-refractivity contribution in [1.29, 1.82) is 0 Å². The molecule has 2 N–H and O–H groups in total. The smallest absolute Gasteiger partial charge is 0.376 e. The molecule has 172 valence electrons.